The van der Waals surface area contributed by atoms with Gasteiger partial charge in [0.1, 0.15) is 23.6 Å². The molecule has 2 aromatic heterocycles. The molecule has 10 heteroatoms. The molecule has 40 heavy (non-hydrogen) atoms. The van der Waals surface area contributed by atoms with Crippen LogP contribution in [0.4, 0.5) is 11.4 Å². The molecule has 4 aromatic rings. The lowest BCUT2D eigenvalue weighted by Gasteiger charge is -2.34. The molecule has 10 nitrogen and oxygen atoms in total. The van der Waals surface area contributed by atoms with E-state index in [1.54, 1.807) is 82.8 Å². The van der Waals surface area contributed by atoms with Gasteiger partial charge in [0.15, 0.2) is 0 Å². The van der Waals surface area contributed by atoms with Crippen molar-refractivity contribution in [1.29, 1.82) is 0 Å². The number of fused-ring (bicyclic) bond motifs is 5. The molecule has 0 aliphatic carbocycles. The van der Waals surface area contributed by atoms with Gasteiger partial charge in [-0.15, -0.1) is 0 Å². The minimum Gasteiger partial charge on any atom is -0.468 e. The molecule has 6 atom stereocenters. The Morgan fingerprint density at radius 2 is 0.850 bits per heavy atom. The molecule has 6 heterocycles. The van der Waals surface area contributed by atoms with E-state index < -0.39 is 47.8 Å². The third-order valence-corrected chi connectivity index (χ3v) is 8.42. The van der Waals surface area contributed by atoms with Crippen molar-refractivity contribution in [3.63, 3.8) is 0 Å². The number of furan rings is 2. The Labute approximate surface area is 227 Å². The highest BCUT2D eigenvalue weighted by Gasteiger charge is 2.74. The highest BCUT2D eigenvalue weighted by molar-refractivity contribution is 6.26. The molecule has 8 rings (SSSR count). The number of hydrogen-bond acceptors (Lipinski definition) is 8. The summed E-state index contributed by atoms with van der Waals surface area (Å²) in [6.45, 7) is 0. The van der Waals surface area contributed by atoms with E-state index in [1.165, 1.54) is 22.3 Å². The molecule has 0 spiro atoms. The fraction of sp³-hybridized carbons (Fsp3) is 0.200. The first-order valence-corrected chi connectivity index (χ1v) is 13.1. The molecule has 0 unspecified atom stereocenters. The average Bonchev–Trinajstić information content (AvgIpc) is 3.80. The second kappa shape index (κ2) is 8.35. The second-order valence-electron chi connectivity index (χ2n) is 10.3. The molecule has 4 aliphatic rings. The maximum atomic E-state index is 14.1. The van der Waals surface area contributed by atoms with Gasteiger partial charge in [0.05, 0.1) is 47.8 Å². The van der Waals surface area contributed by atoms with Crippen molar-refractivity contribution in [2.45, 2.75) is 24.2 Å². The van der Waals surface area contributed by atoms with Gasteiger partial charge in [0, 0.05) is 0 Å². The Morgan fingerprint density at radius 3 is 1.20 bits per heavy atom. The number of carbonyl (C=O) groups is 4. The summed E-state index contributed by atoms with van der Waals surface area (Å²) in [6.07, 6.45) is 3.00. The minimum absolute atomic E-state index is 0.386. The summed E-state index contributed by atoms with van der Waals surface area (Å²) in [5.41, 5.74) is 0.931. The van der Waals surface area contributed by atoms with E-state index in [9.17, 15) is 19.2 Å². The summed E-state index contributed by atoms with van der Waals surface area (Å²) >= 11 is 0. The molecule has 0 radical (unpaired) electrons. The van der Waals surface area contributed by atoms with Crippen molar-refractivity contribution < 1.29 is 28.0 Å². The summed E-state index contributed by atoms with van der Waals surface area (Å²) in [7, 11) is 0. The van der Waals surface area contributed by atoms with Gasteiger partial charge in [-0.2, -0.15) is 0 Å². The van der Waals surface area contributed by atoms with Crippen molar-refractivity contribution in [3.05, 3.63) is 109 Å². The Kier molecular flexibility index (Phi) is 4.82. The molecule has 4 saturated heterocycles. The van der Waals surface area contributed by atoms with E-state index in [0.717, 1.165) is 0 Å². The normalized spacial score (nSPS) is 29.9. The van der Waals surface area contributed by atoms with Crippen molar-refractivity contribution in [1.82, 2.24) is 10.0 Å². The van der Waals surface area contributed by atoms with Gasteiger partial charge >= 0.3 is 0 Å². The lowest BCUT2D eigenvalue weighted by molar-refractivity contribution is -0.136. The predicted molar refractivity (Wildman–Crippen MR) is 139 cm³/mol. The third-order valence-electron chi connectivity index (χ3n) is 8.42. The van der Waals surface area contributed by atoms with Crippen LogP contribution in [0.3, 0.4) is 0 Å². The van der Waals surface area contributed by atoms with Crippen molar-refractivity contribution in [2.75, 3.05) is 9.80 Å². The number of hydrazine groups is 1. The van der Waals surface area contributed by atoms with E-state index in [1.807, 2.05) is 12.1 Å². The first-order valence-electron chi connectivity index (χ1n) is 13.1. The quantitative estimate of drug-likeness (QED) is 0.367. The number of rotatable bonds is 4. The van der Waals surface area contributed by atoms with Gasteiger partial charge < -0.3 is 8.83 Å². The third kappa shape index (κ3) is 2.89. The van der Waals surface area contributed by atoms with Crippen LogP contribution in [0.25, 0.3) is 0 Å². The lowest BCUT2D eigenvalue weighted by Crippen LogP contribution is -2.50. The molecule has 2 aromatic carbocycles. The first-order chi connectivity index (χ1) is 19.6. The summed E-state index contributed by atoms with van der Waals surface area (Å²) in [5, 5.41) is 3.49. The van der Waals surface area contributed by atoms with Crippen LogP contribution in [-0.4, -0.2) is 45.7 Å². The monoisotopic (exact) mass is 534 g/mol. The Balaban J connectivity index is 1.32. The van der Waals surface area contributed by atoms with E-state index in [4.69, 9.17) is 8.83 Å². The minimum atomic E-state index is -0.964. The van der Waals surface area contributed by atoms with Gasteiger partial charge in [0.2, 0.25) is 11.8 Å². The van der Waals surface area contributed by atoms with E-state index in [2.05, 4.69) is 0 Å². The zero-order chi connectivity index (χ0) is 27.1. The number of nitrogens with zero attached hydrogens (tertiary/aromatic N) is 4. The fourth-order valence-corrected chi connectivity index (χ4v) is 6.97. The summed E-state index contributed by atoms with van der Waals surface area (Å²) in [6, 6.07) is 20.9. The van der Waals surface area contributed by atoms with Crippen molar-refractivity contribution in [3.8, 4) is 0 Å². The fourth-order valence-electron chi connectivity index (χ4n) is 6.97. The highest BCUT2D eigenvalue weighted by atomic mass is 16.3. The first kappa shape index (κ1) is 23.1. The Bertz CT molecular complexity index is 1510. The Hall–Kier alpha value is -4.80. The van der Waals surface area contributed by atoms with Gasteiger partial charge in [-0.3, -0.25) is 19.2 Å². The molecular weight excluding hydrogens is 512 g/mol. The number of hydrogen-bond donors (Lipinski definition) is 0. The zero-order valence-corrected chi connectivity index (χ0v) is 20.9. The smallest absolute Gasteiger partial charge is 0.253 e. The van der Waals surface area contributed by atoms with Gasteiger partial charge in [-0.05, 0) is 48.5 Å². The SMILES string of the molecule is O=C1[C@H]2[C@@H](C(=O)N1c1ccccc1)N1[C@H](c3ccco3)[C@H]3C(=O)N(c4ccccc4)C(=O)[C@H]3N1[C@@H]2c1ccco1. The zero-order valence-electron chi connectivity index (χ0n) is 20.9. The van der Waals surface area contributed by atoms with Gasteiger partial charge in [-0.25, -0.2) is 19.8 Å². The predicted octanol–water partition coefficient (Wildman–Crippen LogP) is 3.32. The summed E-state index contributed by atoms with van der Waals surface area (Å²) in [4.78, 5) is 58.8. The second-order valence-corrected chi connectivity index (χ2v) is 10.3. The maximum Gasteiger partial charge on any atom is 0.253 e. The van der Waals surface area contributed by atoms with Crippen molar-refractivity contribution >= 4 is 35.0 Å². The molecule has 4 aliphatic heterocycles. The van der Waals surface area contributed by atoms with Gasteiger partial charge in [-0.1, -0.05) is 36.4 Å². The molecule has 0 saturated carbocycles. The molecule has 0 N–H and O–H groups in total. The summed E-state index contributed by atoms with van der Waals surface area (Å²) < 4.78 is 11.6. The lowest BCUT2D eigenvalue weighted by atomic mass is 9.87. The van der Waals surface area contributed by atoms with Crippen LogP contribution >= 0.6 is 0 Å². The van der Waals surface area contributed by atoms with Crippen LogP contribution in [0.5, 0.6) is 0 Å². The Morgan fingerprint density at radius 1 is 0.450 bits per heavy atom. The highest BCUT2D eigenvalue weighted by Crippen LogP contribution is 2.59. The van der Waals surface area contributed by atoms with Crippen LogP contribution in [0.15, 0.2) is 106 Å². The number of anilines is 2. The number of carbonyl (C=O) groups excluding carboxylic acids is 4. The topological polar surface area (TPSA) is 108 Å². The van der Waals surface area contributed by atoms with Gasteiger partial charge in [0.25, 0.3) is 11.8 Å². The largest absolute Gasteiger partial charge is 0.468 e. The number of amides is 4. The van der Waals surface area contributed by atoms with Crippen LogP contribution in [0.1, 0.15) is 23.6 Å². The number of imide groups is 2. The number of para-hydroxylation sites is 2. The maximum absolute atomic E-state index is 14.1. The van der Waals surface area contributed by atoms with Crippen molar-refractivity contribution in [2.24, 2.45) is 11.8 Å². The van der Waals surface area contributed by atoms with Crippen LogP contribution in [-0.2, 0) is 19.2 Å². The molecular formula is C30H22N4O6. The standard InChI is InChI=1S/C30H22N4O6/c35-27-21-23(19-13-7-15-39-19)34-26-22(28(36)32(30(26)38)18-11-5-2-6-12-18)24(20-14-8-16-40-20)33(34)25(21)29(37)31(27)17-9-3-1-4-10-17/h1-16,21-26H/t21-,22-,23-,24-,25+,26+/m1/s1. The van der Waals surface area contributed by atoms with E-state index in [-0.39, 0.29) is 11.8 Å². The van der Waals surface area contributed by atoms with Crippen LogP contribution in [0.2, 0.25) is 0 Å². The summed E-state index contributed by atoms with van der Waals surface area (Å²) in [5.74, 6) is -2.48. The molecule has 0 bridgehead atoms. The average molecular weight is 535 g/mol. The van der Waals surface area contributed by atoms with Crippen LogP contribution < -0.4 is 9.80 Å². The van der Waals surface area contributed by atoms with E-state index in [0.29, 0.717) is 22.9 Å². The molecule has 4 amide bonds. The molecule has 4 fully saturated rings. The van der Waals surface area contributed by atoms with E-state index >= 15 is 0 Å². The van der Waals surface area contributed by atoms with Crippen LogP contribution in [0, 0.1) is 11.8 Å². The molecule has 198 valence electrons. The number of benzene rings is 2.